The summed E-state index contributed by atoms with van der Waals surface area (Å²) in [4.78, 5) is 22.8. The van der Waals surface area contributed by atoms with E-state index in [1.807, 2.05) is 32.9 Å². The van der Waals surface area contributed by atoms with E-state index < -0.39 is 17.7 Å². The Balaban J connectivity index is 0.00000163. The van der Waals surface area contributed by atoms with Crippen molar-refractivity contribution in [2.24, 2.45) is 0 Å². The smallest absolute Gasteiger partial charge is 0.412 e. The molecule has 0 aromatic heterocycles. The molecule has 0 saturated carbocycles. The lowest BCUT2D eigenvalue weighted by Crippen LogP contribution is -2.27. The molecule has 0 bridgehead atoms. The molecule has 0 unspecified atom stereocenters. The number of anilines is 1. The third-order valence-corrected chi connectivity index (χ3v) is 3.33. The van der Waals surface area contributed by atoms with Gasteiger partial charge in [-0.1, -0.05) is 32.0 Å². The molecule has 2 N–H and O–H groups in total. The van der Waals surface area contributed by atoms with Gasteiger partial charge in [0.2, 0.25) is 0 Å². The minimum atomic E-state index is -0.960. The van der Waals surface area contributed by atoms with Crippen molar-refractivity contribution in [3.63, 3.8) is 0 Å². The third kappa shape index (κ3) is 6.24. The van der Waals surface area contributed by atoms with Gasteiger partial charge in [0, 0.05) is 5.69 Å². The van der Waals surface area contributed by atoms with Crippen LogP contribution in [0.4, 0.5) is 10.5 Å². The Labute approximate surface area is 155 Å². The summed E-state index contributed by atoms with van der Waals surface area (Å²) >= 11 is 0. The molecule has 26 heavy (non-hydrogen) atoms. The van der Waals surface area contributed by atoms with Gasteiger partial charge in [0.25, 0.3) is 0 Å². The summed E-state index contributed by atoms with van der Waals surface area (Å²) in [6.07, 6.45) is -0.515. The van der Waals surface area contributed by atoms with Gasteiger partial charge in [-0.05, 0) is 68.7 Å². The third-order valence-electron chi connectivity index (χ3n) is 3.33. The number of ether oxygens (including phenoxy) is 1. The molecule has 2 aromatic rings. The first kappa shape index (κ1) is 21.2. The van der Waals surface area contributed by atoms with Crippen molar-refractivity contribution in [2.45, 2.75) is 47.1 Å². The van der Waals surface area contributed by atoms with Gasteiger partial charge in [0.05, 0.1) is 5.56 Å². The van der Waals surface area contributed by atoms with Crippen LogP contribution in [0.2, 0.25) is 0 Å². The molecule has 0 aliphatic heterocycles. The van der Waals surface area contributed by atoms with E-state index in [0.717, 1.165) is 16.7 Å². The fourth-order valence-corrected chi connectivity index (χ4v) is 2.22. The predicted octanol–water partition coefficient (Wildman–Crippen LogP) is 5.73. The minimum Gasteiger partial charge on any atom is -0.478 e. The predicted molar refractivity (Wildman–Crippen MR) is 105 cm³/mol. The van der Waals surface area contributed by atoms with Crippen molar-refractivity contribution in [3.05, 3.63) is 53.6 Å². The average Bonchev–Trinajstić information content (AvgIpc) is 2.57. The highest BCUT2D eigenvalue weighted by molar-refractivity contribution is 5.89. The van der Waals surface area contributed by atoms with E-state index in [4.69, 9.17) is 9.84 Å². The van der Waals surface area contributed by atoms with Crippen LogP contribution in [0.15, 0.2) is 42.5 Å². The zero-order valence-corrected chi connectivity index (χ0v) is 16.2. The molecule has 0 spiro atoms. The number of aryl methyl sites for hydroxylation is 1. The molecule has 2 aromatic carbocycles. The van der Waals surface area contributed by atoms with E-state index in [0.29, 0.717) is 5.69 Å². The van der Waals surface area contributed by atoms with E-state index in [1.165, 1.54) is 0 Å². The van der Waals surface area contributed by atoms with Crippen LogP contribution in [0.25, 0.3) is 11.1 Å². The molecule has 1 amide bonds. The molecule has 5 nitrogen and oxygen atoms in total. The van der Waals surface area contributed by atoms with Crippen LogP contribution in [0.5, 0.6) is 0 Å². The highest BCUT2D eigenvalue weighted by atomic mass is 16.6. The van der Waals surface area contributed by atoms with Gasteiger partial charge < -0.3 is 9.84 Å². The number of rotatable bonds is 3. The molecule has 0 radical (unpaired) electrons. The second kappa shape index (κ2) is 9.04. The fourth-order valence-electron chi connectivity index (χ4n) is 2.22. The van der Waals surface area contributed by atoms with Crippen molar-refractivity contribution in [2.75, 3.05) is 5.32 Å². The normalized spacial score (nSPS) is 10.4. The Bertz CT molecular complexity index is 759. The summed E-state index contributed by atoms with van der Waals surface area (Å²) < 4.78 is 5.24. The summed E-state index contributed by atoms with van der Waals surface area (Å²) in [5.41, 5.74) is 3.11. The van der Waals surface area contributed by atoms with Gasteiger partial charge in [-0.3, -0.25) is 5.32 Å². The Kier molecular flexibility index (Phi) is 7.38. The van der Waals surface area contributed by atoms with Gasteiger partial charge in [-0.25, -0.2) is 9.59 Å². The number of hydrogen-bond donors (Lipinski definition) is 2. The zero-order valence-electron chi connectivity index (χ0n) is 16.2. The number of carbonyl (C=O) groups is 2. The lowest BCUT2D eigenvalue weighted by atomic mass is 9.99. The van der Waals surface area contributed by atoms with Crippen LogP contribution in [0, 0.1) is 6.92 Å². The quantitative estimate of drug-likeness (QED) is 0.735. The van der Waals surface area contributed by atoms with Crippen molar-refractivity contribution in [1.82, 2.24) is 0 Å². The number of nitrogens with one attached hydrogen (secondary N) is 1. The average molecular weight is 357 g/mol. The minimum absolute atomic E-state index is 0.236. The number of carbonyl (C=O) groups excluding carboxylic acids is 1. The topological polar surface area (TPSA) is 75.6 Å². The SMILES string of the molecule is CC.Cc1ccc(NC(=O)OC(C)(C)C)cc1-c1ccc(C(=O)O)cc1. The molecular formula is C21H27NO4. The summed E-state index contributed by atoms with van der Waals surface area (Å²) in [6, 6.07) is 12.2. The Morgan fingerprint density at radius 2 is 1.58 bits per heavy atom. The van der Waals surface area contributed by atoms with Gasteiger partial charge in [0.1, 0.15) is 5.60 Å². The van der Waals surface area contributed by atoms with E-state index in [2.05, 4.69) is 5.32 Å². The number of benzene rings is 2. The van der Waals surface area contributed by atoms with Crippen molar-refractivity contribution in [3.8, 4) is 11.1 Å². The van der Waals surface area contributed by atoms with Crippen molar-refractivity contribution >= 4 is 17.7 Å². The summed E-state index contributed by atoms with van der Waals surface area (Å²) in [7, 11) is 0. The molecule has 5 heteroatoms. The summed E-state index contributed by atoms with van der Waals surface area (Å²) in [6.45, 7) is 11.4. The highest BCUT2D eigenvalue weighted by Gasteiger charge is 2.16. The molecular weight excluding hydrogens is 330 g/mol. The Morgan fingerprint density at radius 1 is 1.00 bits per heavy atom. The molecule has 0 saturated heterocycles. The number of carboxylic acids is 1. The maximum atomic E-state index is 11.9. The Hall–Kier alpha value is -2.82. The molecule has 0 fully saturated rings. The first-order chi connectivity index (χ1) is 12.2. The number of aromatic carboxylic acids is 1. The van der Waals surface area contributed by atoms with Crippen LogP contribution >= 0.6 is 0 Å². The van der Waals surface area contributed by atoms with Gasteiger partial charge in [-0.15, -0.1) is 0 Å². The van der Waals surface area contributed by atoms with Crippen LogP contribution < -0.4 is 5.32 Å². The summed E-state index contributed by atoms with van der Waals surface area (Å²) in [5, 5.41) is 11.7. The zero-order chi connectivity index (χ0) is 19.9. The first-order valence-corrected chi connectivity index (χ1v) is 8.60. The first-order valence-electron chi connectivity index (χ1n) is 8.60. The second-order valence-corrected chi connectivity index (χ2v) is 6.54. The van der Waals surface area contributed by atoms with Crippen LogP contribution in [0.3, 0.4) is 0 Å². The molecule has 0 aliphatic carbocycles. The monoisotopic (exact) mass is 357 g/mol. The van der Waals surface area contributed by atoms with Crippen molar-refractivity contribution in [1.29, 1.82) is 0 Å². The number of hydrogen-bond acceptors (Lipinski definition) is 3. The van der Waals surface area contributed by atoms with Gasteiger partial charge in [-0.2, -0.15) is 0 Å². The van der Waals surface area contributed by atoms with E-state index >= 15 is 0 Å². The summed E-state index contributed by atoms with van der Waals surface area (Å²) in [5.74, 6) is -0.960. The molecule has 0 aliphatic rings. The van der Waals surface area contributed by atoms with E-state index in [9.17, 15) is 9.59 Å². The largest absolute Gasteiger partial charge is 0.478 e. The maximum Gasteiger partial charge on any atom is 0.412 e. The maximum absolute atomic E-state index is 11.9. The molecule has 0 heterocycles. The van der Waals surface area contributed by atoms with Crippen molar-refractivity contribution < 1.29 is 19.4 Å². The Morgan fingerprint density at radius 3 is 2.08 bits per heavy atom. The van der Waals surface area contributed by atoms with Gasteiger partial charge in [0.15, 0.2) is 0 Å². The molecule has 140 valence electrons. The van der Waals surface area contributed by atoms with E-state index in [-0.39, 0.29) is 5.56 Å². The number of amides is 1. The molecule has 2 rings (SSSR count). The number of carboxylic acid groups (broad SMARTS) is 1. The second-order valence-electron chi connectivity index (χ2n) is 6.54. The van der Waals surface area contributed by atoms with Crippen LogP contribution in [0.1, 0.15) is 50.5 Å². The lowest BCUT2D eigenvalue weighted by molar-refractivity contribution is 0.0634. The van der Waals surface area contributed by atoms with E-state index in [1.54, 1.807) is 51.1 Å². The van der Waals surface area contributed by atoms with Crippen LogP contribution in [-0.4, -0.2) is 22.8 Å². The molecule has 0 atom stereocenters. The highest BCUT2D eigenvalue weighted by Crippen LogP contribution is 2.27. The lowest BCUT2D eigenvalue weighted by Gasteiger charge is -2.20. The van der Waals surface area contributed by atoms with Gasteiger partial charge >= 0.3 is 12.1 Å². The van der Waals surface area contributed by atoms with Crippen LogP contribution in [-0.2, 0) is 4.74 Å². The standard InChI is InChI=1S/C19H21NO4.C2H6/c1-12-5-10-15(20-18(23)24-19(2,3)4)11-16(12)13-6-8-14(9-7-13)17(21)22;1-2/h5-11H,1-4H3,(H,20,23)(H,21,22);1-2H3. The fraction of sp³-hybridized carbons (Fsp3) is 0.333.